The van der Waals surface area contributed by atoms with Gasteiger partial charge < -0.3 is 4.74 Å². The van der Waals surface area contributed by atoms with Crippen molar-refractivity contribution in [3.63, 3.8) is 0 Å². The van der Waals surface area contributed by atoms with Gasteiger partial charge in [0.25, 0.3) is 0 Å². The van der Waals surface area contributed by atoms with E-state index in [9.17, 15) is 0 Å². The zero-order valence-electron chi connectivity index (χ0n) is 6.69. The fourth-order valence-corrected chi connectivity index (χ4v) is 0.567. The van der Waals surface area contributed by atoms with Crippen molar-refractivity contribution in [2.24, 2.45) is 0 Å². The lowest BCUT2D eigenvalue weighted by atomic mass is 10.3. The number of ether oxygens (including phenoxy) is 1. The molecule has 0 atom stereocenters. The lowest BCUT2D eigenvalue weighted by molar-refractivity contribution is 0.398. The van der Waals surface area contributed by atoms with Crippen molar-refractivity contribution in [2.75, 3.05) is 7.11 Å². The Morgan fingerprint density at radius 3 is 2.50 bits per heavy atom. The zero-order chi connectivity index (χ0) is 9.40. The Morgan fingerprint density at radius 1 is 1.50 bits per heavy atom. The highest BCUT2D eigenvalue weighted by Crippen LogP contribution is 2.04. The third kappa shape index (κ3) is 2.72. The first-order valence-corrected chi connectivity index (χ1v) is 3.10. The van der Waals surface area contributed by atoms with Gasteiger partial charge in [-0.3, -0.25) is 0 Å². The van der Waals surface area contributed by atoms with E-state index in [0.717, 1.165) is 0 Å². The second kappa shape index (κ2) is 5.76. The highest BCUT2D eigenvalue weighted by Gasteiger charge is 1.90. The number of nitrogens with zero attached hydrogens (tertiary/aromatic N) is 2. The van der Waals surface area contributed by atoms with Crippen LogP contribution >= 0.6 is 0 Å². The van der Waals surface area contributed by atoms with Crippen molar-refractivity contribution in [1.29, 1.82) is 5.26 Å². The van der Waals surface area contributed by atoms with Crippen LogP contribution in [0.2, 0.25) is 0 Å². The summed E-state index contributed by atoms with van der Waals surface area (Å²) in [6.45, 7) is 0. The van der Waals surface area contributed by atoms with Crippen molar-refractivity contribution in [3.8, 4) is 24.8 Å². The first-order valence-electron chi connectivity index (χ1n) is 3.10. The van der Waals surface area contributed by atoms with Gasteiger partial charge in [-0.05, 0) is 6.07 Å². The van der Waals surface area contributed by atoms with Crippen LogP contribution in [0.1, 0.15) is 5.56 Å². The van der Waals surface area contributed by atoms with Gasteiger partial charge >= 0.3 is 0 Å². The van der Waals surface area contributed by atoms with Gasteiger partial charge in [-0.15, -0.1) is 12.8 Å². The standard InChI is InChI=1S/C7H6N2O.C2H2/c1-10-7-3-2-6(4-8)5-9-7;1-2/h2-3,5H,1H3;1-2H. The lowest BCUT2D eigenvalue weighted by Gasteiger charge is -1.94. The van der Waals surface area contributed by atoms with Crippen molar-refractivity contribution in [3.05, 3.63) is 23.9 Å². The molecule has 1 aromatic heterocycles. The Hall–Kier alpha value is -2.00. The Labute approximate surface area is 71.6 Å². The molecule has 0 saturated carbocycles. The van der Waals surface area contributed by atoms with Crippen molar-refractivity contribution in [2.45, 2.75) is 0 Å². The molecule has 3 heteroatoms. The molecule has 0 N–H and O–H groups in total. The molecule has 1 rings (SSSR count). The Bertz CT molecular complexity index is 282. The maximum atomic E-state index is 8.37. The van der Waals surface area contributed by atoms with Gasteiger partial charge in [-0.2, -0.15) is 5.26 Å². The number of pyridine rings is 1. The minimum atomic E-state index is 0.527. The summed E-state index contributed by atoms with van der Waals surface area (Å²) in [6, 6.07) is 5.27. The number of aromatic nitrogens is 1. The average Bonchev–Trinajstić information content (AvgIpc) is 2.21. The third-order valence-corrected chi connectivity index (χ3v) is 1.07. The van der Waals surface area contributed by atoms with Crippen LogP contribution < -0.4 is 4.74 Å². The minimum absolute atomic E-state index is 0.527. The molecule has 0 bridgehead atoms. The Balaban J connectivity index is 0.000000561. The fraction of sp³-hybridized carbons (Fsp3) is 0.111. The monoisotopic (exact) mass is 160 g/mol. The maximum absolute atomic E-state index is 8.37. The van der Waals surface area contributed by atoms with E-state index in [1.165, 1.54) is 13.3 Å². The lowest BCUT2D eigenvalue weighted by Crippen LogP contribution is -1.86. The van der Waals surface area contributed by atoms with E-state index < -0.39 is 0 Å². The number of terminal acetylenes is 1. The van der Waals surface area contributed by atoms with Crippen LogP contribution in [0, 0.1) is 24.2 Å². The topological polar surface area (TPSA) is 45.9 Å². The molecule has 0 saturated heterocycles. The molecule has 0 fully saturated rings. The fourth-order valence-electron chi connectivity index (χ4n) is 0.567. The minimum Gasteiger partial charge on any atom is -0.481 e. The van der Waals surface area contributed by atoms with Crippen molar-refractivity contribution in [1.82, 2.24) is 4.98 Å². The maximum Gasteiger partial charge on any atom is 0.212 e. The molecule has 0 unspecified atom stereocenters. The molecular formula is C9H8N2O. The summed E-state index contributed by atoms with van der Waals surface area (Å²) >= 11 is 0. The van der Waals surface area contributed by atoms with Gasteiger partial charge in [-0.1, -0.05) is 0 Å². The van der Waals surface area contributed by atoms with E-state index in [1.807, 2.05) is 6.07 Å². The molecule has 0 aliphatic heterocycles. The zero-order valence-corrected chi connectivity index (χ0v) is 6.69. The number of rotatable bonds is 1. The molecule has 60 valence electrons. The molecule has 1 heterocycles. The summed E-state index contributed by atoms with van der Waals surface area (Å²) < 4.78 is 4.79. The van der Waals surface area contributed by atoms with E-state index in [0.29, 0.717) is 11.4 Å². The van der Waals surface area contributed by atoms with E-state index in [4.69, 9.17) is 10.00 Å². The van der Waals surface area contributed by atoms with E-state index in [-0.39, 0.29) is 0 Å². The van der Waals surface area contributed by atoms with Crippen LogP contribution in [-0.4, -0.2) is 12.1 Å². The molecule has 0 radical (unpaired) electrons. The van der Waals surface area contributed by atoms with Gasteiger partial charge in [0, 0.05) is 12.3 Å². The van der Waals surface area contributed by atoms with Gasteiger partial charge in [0.2, 0.25) is 5.88 Å². The molecule has 0 amide bonds. The largest absolute Gasteiger partial charge is 0.481 e. The summed E-state index contributed by atoms with van der Waals surface area (Å²) in [5.41, 5.74) is 0.542. The van der Waals surface area contributed by atoms with Crippen LogP contribution in [0.4, 0.5) is 0 Å². The molecule has 1 aromatic rings. The SMILES string of the molecule is C#C.COc1ccc(C#N)cn1. The molecule has 3 nitrogen and oxygen atoms in total. The van der Waals surface area contributed by atoms with E-state index in [2.05, 4.69) is 17.8 Å². The predicted molar refractivity (Wildman–Crippen MR) is 45.4 cm³/mol. The highest BCUT2D eigenvalue weighted by atomic mass is 16.5. The Kier molecular flexibility index (Phi) is 4.80. The van der Waals surface area contributed by atoms with Crippen molar-refractivity contribution < 1.29 is 4.74 Å². The second-order valence-electron chi connectivity index (χ2n) is 1.70. The molecule has 12 heavy (non-hydrogen) atoms. The second-order valence-corrected chi connectivity index (χ2v) is 1.70. The van der Waals surface area contributed by atoms with Crippen LogP contribution in [0.5, 0.6) is 5.88 Å². The van der Waals surface area contributed by atoms with E-state index >= 15 is 0 Å². The molecule has 0 aromatic carbocycles. The first-order chi connectivity index (χ1) is 5.86. The summed E-state index contributed by atoms with van der Waals surface area (Å²) in [5.74, 6) is 0.527. The number of methoxy groups -OCH3 is 1. The van der Waals surface area contributed by atoms with Gasteiger partial charge in [0.05, 0.1) is 12.7 Å². The number of hydrogen-bond acceptors (Lipinski definition) is 3. The molecule has 0 spiro atoms. The average molecular weight is 160 g/mol. The van der Waals surface area contributed by atoms with Gasteiger partial charge in [0.1, 0.15) is 6.07 Å². The van der Waals surface area contributed by atoms with Gasteiger partial charge in [0.15, 0.2) is 0 Å². The number of nitriles is 1. The predicted octanol–water partition coefficient (Wildman–Crippen LogP) is 1.21. The van der Waals surface area contributed by atoms with Crippen LogP contribution in [0.3, 0.4) is 0 Å². The Morgan fingerprint density at radius 2 is 2.17 bits per heavy atom. The van der Waals surface area contributed by atoms with Crippen LogP contribution in [0.15, 0.2) is 18.3 Å². The smallest absolute Gasteiger partial charge is 0.212 e. The summed E-state index contributed by atoms with van der Waals surface area (Å²) in [5, 5.41) is 8.37. The van der Waals surface area contributed by atoms with E-state index in [1.54, 1.807) is 12.1 Å². The number of hydrogen-bond donors (Lipinski definition) is 0. The van der Waals surface area contributed by atoms with Gasteiger partial charge in [-0.25, -0.2) is 4.98 Å². The first kappa shape index (κ1) is 10.0. The van der Waals surface area contributed by atoms with Crippen LogP contribution in [0.25, 0.3) is 0 Å². The highest BCUT2D eigenvalue weighted by molar-refractivity contribution is 5.27. The summed E-state index contributed by atoms with van der Waals surface area (Å²) in [6.07, 6.45) is 9.47. The molecular weight excluding hydrogens is 152 g/mol. The third-order valence-electron chi connectivity index (χ3n) is 1.07. The van der Waals surface area contributed by atoms with Crippen LogP contribution in [-0.2, 0) is 0 Å². The molecule has 0 aliphatic rings. The quantitative estimate of drug-likeness (QED) is 0.580. The van der Waals surface area contributed by atoms with Crippen molar-refractivity contribution >= 4 is 0 Å². The summed E-state index contributed by atoms with van der Waals surface area (Å²) in [4.78, 5) is 3.82. The summed E-state index contributed by atoms with van der Waals surface area (Å²) in [7, 11) is 1.54. The molecule has 0 aliphatic carbocycles. The normalized spacial score (nSPS) is 7.17.